The van der Waals surface area contributed by atoms with E-state index in [1.54, 1.807) is 6.20 Å². The molecule has 2 aromatic carbocycles. The van der Waals surface area contributed by atoms with Gasteiger partial charge in [0.05, 0.1) is 35.1 Å². The quantitative estimate of drug-likeness (QED) is 0.265. The number of pyridine rings is 1. The minimum Gasteiger partial charge on any atom is -0.462 e. The number of anilines is 1. The third-order valence-electron chi connectivity index (χ3n) is 8.98. The fourth-order valence-corrected chi connectivity index (χ4v) is 6.60. The standard InChI is InChI=1S/C34H36FN7O2/c1-21-8-5-9-24-10-6-12-27(29(21)24)30-22(2)31-28(18-37-30)32(39-34(38-31)44-20-26-11-7-15-40(26)4)41-16-17-42(33(43)23(3)35)25(19-41)13-14-36/h5-6,8-10,12,18,25-26H,3,7,11,13,15-17,19-20H2,1-2,4H3/t25-,26-/m0/s1. The molecule has 4 heterocycles. The lowest BCUT2D eigenvalue weighted by Crippen LogP contribution is -2.55. The lowest BCUT2D eigenvalue weighted by atomic mass is 9.95. The van der Waals surface area contributed by atoms with Crippen molar-refractivity contribution in [2.45, 2.75) is 45.2 Å². The first kappa shape index (κ1) is 29.5. The zero-order valence-corrected chi connectivity index (χ0v) is 25.4. The molecule has 1 amide bonds. The second kappa shape index (κ2) is 12.2. The highest BCUT2D eigenvalue weighted by Crippen LogP contribution is 2.37. The van der Waals surface area contributed by atoms with Crippen molar-refractivity contribution in [2.75, 3.05) is 44.7 Å². The molecule has 0 unspecified atom stereocenters. The number of benzene rings is 2. The number of ether oxygens (including phenoxy) is 1. The van der Waals surface area contributed by atoms with E-state index in [4.69, 9.17) is 19.7 Å². The predicted octanol–water partition coefficient (Wildman–Crippen LogP) is 5.35. The molecule has 0 saturated carbocycles. The van der Waals surface area contributed by atoms with Crippen LogP contribution >= 0.6 is 0 Å². The summed E-state index contributed by atoms with van der Waals surface area (Å²) in [5.41, 5.74) is 4.67. The van der Waals surface area contributed by atoms with E-state index in [1.807, 2.05) is 17.9 Å². The minimum atomic E-state index is -1.03. The van der Waals surface area contributed by atoms with Gasteiger partial charge >= 0.3 is 6.01 Å². The summed E-state index contributed by atoms with van der Waals surface area (Å²) in [5, 5.41) is 12.6. The number of amides is 1. The van der Waals surface area contributed by atoms with Crippen molar-refractivity contribution in [3.63, 3.8) is 0 Å². The summed E-state index contributed by atoms with van der Waals surface area (Å²) < 4.78 is 20.1. The van der Waals surface area contributed by atoms with Crippen LogP contribution in [0.25, 0.3) is 32.9 Å². The molecular weight excluding hydrogens is 557 g/mol. The Morgan fingerprint density at radius 3 is 2.66 bits per heavy atom. The summed E-state index contributed by atoms with van der Waals surface area (Å²) in [7, 11) is 2.10. The molecule has 0 bridgehead atoms. The van der Waals surface area contributed by atoms with E-state index in [-0.39, 0.29) is 25.0 Å². The van der Waals surface area contributed by atoms with Crippen molar-refractivity contribution in [3.8, 4) is 23.3 Å². The molecule has 0 spiro atoms. The van der Waals surface area contributed by atoms with Crippen LogP contribution in [-0.4, -0.2) is 82.6 Å². The van der Waals surface area contributed by atoms with E-state index < -0.39 is 17.8 Å². The Bertz CT molecular complexity index is 1800. The number of piperazine rings is 1. The fraction of sp³-hybridized carbons (Fsp3) is 0.382. The summed E-state index contributed by atoms with van der Waals surface area (Å²) in [5.74, 6) is -1.19. The SMILES string of the molecule is C=C(F)C(=O)N1CCN(c2nc(OC[C@@H]3CCCN3C)nc3c(C)c(-c4cccc5cccc(C)c45)ncc23)C[C@@H]1CC#N. The Balaban J connectivity index is 1.45. The van der Waals surface area contributed by atoms with Gasteiger partial charge in [-0.05, 0) is 56.6 Å². The fourth-order valence-electron chi connectivity index (χ4n) is 6.60. The Hall–Kier alpha value is -4.62. The van der Waals surface area contributed by atoms with Gasteiger partial charge in [-0.2, -0.15) is 15.2 Å². The number of nitrogens with zero attached hydrogens (tertiary/aromatic N) is 7. The number of rotatable bonds is 7. The van der Waals surface area contributed by atoms with Crippen LogP contribution in [0.2, 0.25) is 0 Å². The topological polar surface area (TPSA) is 98.5 Å². The van der Waals surface area contributed by atoms with Crippen LogP contribution in [0.4, 0.5) is 10.2 Å². The maximum absolute atomic E-state index is 13.8. The van der Waals surface area contributed by atoms with Crippen molar-refractivity contribution in [1.29, 1.82) is 5.26 Å². The summed E-state index contributed by atoms with van der Waals surface area (Å²) in [4.78, 5) is 33.0. The first-order chi connectivity index (χ1) is 21.3. The van der Waals surface area contributed by atoms with Gasteiger partial charge < -0.3 is 19.4 Å². The second-order valence-electron chi connectivity index (χ2n) is 11.8. The number of aromatic nitrogens is 3. The molecule has 2 atom stereocenters. The zero-order valence-electron chi connectivity index (χ0n) is 25.4. The highest BCUT2D eigenvalue weighted by Gasteiger charge is 2.33. The molecule has 2 aliphatic rings. The van der Waals surface area contributed by atoms with Gasteiger partial charge in [-0.15, -0.1) is 0 Å². The average molecular weight is 594 g/mol. The third-order valence-corrected chi connectivity index (χ3v) is 8.98. The summed E-state index contributed by atoms with van der Waals surface area (Å²) in [6.07, 6.45) is 4.04. The minimum absolute atomic E-state index is 0.0533. The van der Waals surface area contributed by atoms with Gasteiger partial charge in [0, 0.05) is 43.0 Å². The van der Waals surface area contributed by atoms with Gasteiger partial charge in [-0.3, -0.25) is 9.78 Å². The van der Waals surface area contributed by atoms with Gasteiger partial charge in [0.1, 0.15) is 12.4 Å². The molecule has 9 nitrogen and oxygen atoms in total. The van der Waals surface area contributed by atoms with E-state index >= 15 is 0 Å². The Labute approximate surface area is 256 Å². The molecule has 226 valence electrons. The Morgan fingerprint density at radius 2 is 1.93 bits per heavy atom. The van der Waals surface area contributed by atoms with Crippen LogP contribution in [0.15, 0.2) is 55.0 Å². The molecule has 10 heteroatoms. The molecule has 2 aliphatic heterocycles. The Kier molecular flexibility index (Phi) is 8.15. The van der Waals surface area contributed by atoms with Gasteiger partial charge in [0.25, 0.3) is 5.91 Å². The number of likely N-dealkylation sites (tertiary alicyclic amines) is 1. The smallest absolute Gasteiger partial charge is 0.319 e. The van der Waals surface area contributed by atoms with Crippen molar-refractivity contribution < 1.29 is 13.9 Å². The summed E-state index contributed by atoms with van der Waals surface area (Å²) in [6, 6.07) is 14.7. The summed E-state index contributed by atoms with van der Waals surface area (Å²) in [6.45, 7) is 9.72. The highest BCUT2D eigenvalue weighted by molar-refractivity contribution is 6.02. The van der Waals surface area contributed by atoms with Gasteiger partial charge in [-0.1, -0.05) is 43.0 Å². The lowest BCUT2D eigenvalue weighted by molar-refractivity contribution is -0.131. The predicted molar refractivity (Wildman–Crippen MR) is 169 cm³/mol. The number of carbonyl (C=O) groups is 1. The van der Waals surface area contributed by atoms with Crippen LogP contribution in [0.3, 0.4) is 0 Å². The number of hydrogen-bond acceptors (Lipinski definition) is 8. The monoisotopic (exact) mass is 593 g/mol. The molecule has 44 heavy (non-hydrogen) atoms. The number of halogens is 1. The van der Waals surface area contributed by atoms with E-state index in [0.717, 1.165) is 57.9 Å². The molecule has 6 rings (SSSR count). The molecule has 2 aromatic heterocycles. The van der Waals surface area contributed by atoms with E-state index in [9.17, 15) is 14.4 Å². The number of nitriles is 1. The molecule has 2 fully saturated rings. The third kappa shape index (κ3) is 5.44. The van der Waals surface area contributed by atoms with Crippen molar-refractivity contribution in [2.24, 2.45) is 0 Å². The molecule has 0 N–H and O–H groups in total. The molecule has 4 aromatic rings. The first-order valence-corrected chi connectivity index (χ1v) is 15.0. The van der Waals surface area contributed by atoms with E-state index in [2.05, 4.69) is 61.9 Å². The number of likely N-dealkylation sites (N-methyl/N-ethyl adjacent to an activating group) is 1. The van der Waals surface area contributed by atoms with Crippen LogP contribution in [0.1, 0.15) is 30.4 Å². The normalized spacial score (nSPS) is 19.0. The van der Waals surface area contributed by atoms with Crippen LogP contribution in [0.5, 0.6) is 6.01 Å². The Morgan fingerprint density at radius 1 is 1.14 bits per heavy atom. The van der Waals surface area contributed by atoms with Gasteiger partial charge in [0.15, 0.2) is 5.83 Å². The van der Waals surface area contributed by atoms with Crippen LogP contribution in [0, 0.1) is 25.2 Å². The van der Waals surface area contributed by atoms with Crippen molar-refractivity contribution in [3.05, 3.63) is 66.1 Å². The second-order valence-corrected chi connectivity index (χ2v) is 11.8. The van der Waals surface area contributed by atoms with Crippen molar-refractivity contribution >= 4 is 33.4 Å². The molecule has 2 saturated heterocycles. The molecule has 0 radical (unpaired) electrons. The highest BCUT2D eigenvalue weighted by atomic mass is 19.1. The van der Waals surface area contributed by atoms with E-state index in [0.29, 0.717) is 25.5 Å². The number of carbonyl (C=O) groups excluding carboxylic acids is 1. The number of fused-ring (bicyclic) bond motifs is 2. The number of hydrogen-bond donors (Lipinski definition) is 0. The lowest BCUT2D eigenvalue weighted by Gasteiger charge is -2.41. The van der Waals surface area contributed by atoms with Crippen LogP contribution < -0.4 is 9.64 Å². The van der Waals surface area contributed by atoms with Crippen molar-refractivity contribution in [1.82, 2.24) is 24.8 Å². The zero-order chi connectivity index (χ0) is 31.0. The maximum atomic E-state index is 13.8. The molecule has 0 aliphatic carbocycles. The van der Waals surface area contributed by atoms with Crippen LogP contribution in [-0.2, 0) is 4.79 Å². The van der Waals surface area contributed by atoms with Gasteiger partial charge in [-0.25, -0.2) is 4.39 Å². The summed E-state index contributed by atoms with van der Waals surface area (Å²) >= 11 is 0. The molecular formula is C34H36FN7O2. The largest absolute Gasteiger partial charge is 0.462 e. The van der Waals surface area contributed by atoms with E-state index in [1.165, 1.54) is 10.5 Å². The number of aryl methyl sites for hydroxylation is 2. The average Bonchev–Trinajstić information content (AvgIpc) is 3.44. The maximum Gasteiger partial charge on any atom is 0.319 e. The first-order valence-electron chi connectivity index (χ1n) is 15.0. The van der Waals surface area contributed by atoms with Gasteiger partial charge in [0.2, 0.25) is 0 Å².